The molecule has 0 spiro atoms. The maximum Gasteiger partial charge on any atom is 0.234 e. The van der Waals surface area contributed by atoms with Gasteiger partial charge in [0.1, 0.15) is 0 Å². The first-order valence-corrected chi connectivity index (χ1v) is 6.77. The van der Waals surface area contributed by atoms with Crippen LogP contribution < -0.4 is 11.1 Å². The Morgan fingerprint density at radius 2 is 2.41 bits per heavy atom. The molecule has 1 atom stereocenters. The standard InChI is InChI=1S/C11H16ClN3OS/c1-2-14-9(11(13)16)5-6-17-10-4-3-8(12)7-15-10/h3-4,7,9,14H,2,5-6H2,1H3,(H2,13,16). The number of carbonyl (C=O) groups is 1. The molecule has 3 N–H and O–H groups in total. The molecule has 17 heavy (non-hydrogen) atoms. The Kier molecular flexibility index (Phi) is 6.32. The van der Waals surface area contributed by atoms with Crippen molar-refractivity contribution >= 4 is 29.3 Å². The van der Waals surface area contributed by atoms with Gasteiger partial charge in [-0.2, -0.15) is 0 Å². The monoisotopic (exact) mass is 273 g/mol. The second kappa shape index (κ2) is 7.53. The van der Waals surface area contributed by atoms with E-state index in [1.54, 1.807) is 24.0 Å². The summed E-state index contributed by atoms with van der Waals surface area (Å²) in [5.74, 6) is 0.478. The average Bonchev–Trinajstić information content (AvgIpc) is 2.30. The van der Waals surface area contributed by atoms with E-state index in [1.807, 2.05) is 13.0 Å². The third-order valence-electron chi connectivity index (χ3n) is 2.15. The minimum absolute atomic E-state index is 0.264. The van der Waals surface area contributed by atoms with Gasteiger partial charge in [0.2, 0.25) is 5.91 Å². The van der Waals surface area contributed by atoms with Crippen LogP contribution in [-0.4, -0.2) is 29.2 Å². The SMILES string of the molecule is CCNC(CCSc1ccc(Cl)cn1)C(N)=O. The van der Waals surface area contributed by atoms with Crippen molar-refractivity contribution in [2.45, 2.75) is 24.4 Å². The van der Waals surface area contributed by atoms with Crippen molar-refractivity contribution in [3.8, 4) is 0 Å². The van der Waals surface area contributed by atoms with Gasteiger partial charge in [0.05, 0.1) is 16.1 Å². The molecule has 0 aliphatic heterocycles. The Morgan fingerprint density at radius 3 is 2.94 bits per heavy atom. The lowest BCUT2D eigenvalue weighted by Gasteiger charge is -2.13. The summed E-state index contributed by atoms with van der Waals surface area (Å²) in [5.41, 5.74) is 5.28. The highest BCUT2D eigenvalue weighted by Crippen LogP contribution is 2.18. The highest BCUT2D eigenvalue weighted by molar-refractivity contribution is 7.99. The third-order valence-corrected chi connectivity index (χ3v) is 3.35. The zero-order valence-electron chi connectivity index (χ0n) is 9.65. The number of amides is 1. The molecule has 94 valence electrons. The molecule has 1 unspecified atom stereocenters. The zero-order chi connectivity index (χ0) is 12.7. The number of rotatable bonds is 7. The summed E-state index contributed by atoms with van der Waals surface area (Å²) >= 11 is 7.32. The summed E-state index contributed by atoms with van der Waals surface area (Å²) in [7, 11) is 0. The fraction of sp³-hybridized carbons (Fsp3) is 0.455. The van der Waals surface area contributed by atoms with E-state index in [2.05, 4.69) is 10.3 Å². The smallest absolute Gasteiger partial charge is 0.234 e. The number of nitrogens with zero attached hydrogens (tertiary/aromatic N) is 1. The van der Waals surface area contributed by atoms with Crippen LogP contribution >= 0.6 is 23.4 Å². The fourth-order valence-corrected chi connectivity index (χ4v) is 2.29. The van der Waals surface area contributed by atoms with Crippen LogP contribution in [0.5, 0.6) is 0 Å². The number of halogens is 1. The highest BCUT2D eigenvalue weighted by atomic mass is 35.5. The minimum atomic E-state index is -0.309. The van der Waals surface area contributed by atoms with Crippen molar-refractivity contribution in [3.63, 3.8) is 0 Å². The average molecular weight is 274 g/mol. The van der Waals surface area contributed by atoms with Crippen LogP contribution in [0.4, 0.5) is 0 Å². The second-order valence-corrected chi connectivity index (χ2v) is 5.02. The van der Waals surface area contributed by atoms with Gasteiger partial charge in [-0.25, -0.2) is 4.98 Å². The molecule has 0 radical (unpaired) electrons. The van der Waals surface area contributed by atoms with Crippen LogP contribution in [0.25, 0.3) is 0 Å². The Morgan fingerprint density at radius 1 is 1.65 bits per heavy atom. The molecule has 0 saturated carbocycles. The first-order valence-electron chi connectivity index (χ1n) is 5.40. The molecule has 0 saturated heterocycles. The quantitative estimate of drug-likeness (QED) is 0.742. The number of primary amides is 1. The van der Waals surface area contributed by atoms with Crippen LogP contribution in [0.2, 0.25) is 5.02 Å². The molecule has 1 heterocycles. The van der Waals surface area contributed by atoms with Crippen molar-refractivity contribution in [1.82, 2.24) is 10.3 Å². The number of carbonyl (C=O) groups excluding carboxylic acids is 1. The summed E-state index contributed by atoms with van der Waals surface area (Å²) in [5, 5.41) is 4.57. The lowest BCUT2D eigenvalue weighted by atomic mass is 10.2. The molecule has 0 aliphatic rings. The number of nitrogens with one attached hydrogen (secondary N) is 1. The van der Waals surface area contributed by atoms with Gasteiger partial charge < -0.3 is 11.1 Å². The predicted octanol–water partition coefficient (Wildman–Crippen LogP) is 1.68. The zero-order valence-corrected chi connectivity index (χ0v) is 11.2. The minimum Gasteiger partial charge on any atom is -0.368 e. The lowest BCUT2D eigenvalue weighted by molar-refractivity contribution is -0.120. The molecule has 0 bridgehead atoms. The van der Waals surface area contributed by atoms with E-state index < -0.39 is 0 Å². The van der Waals surface area contributed by atoms with Crippen molar-refractivity contribution in [1.29, 1.82) is 0 Å². The summed E-state index contributed by atoms with van der Waals surface area (Å²) in [6.07, 6.45) is 2.30. The number of thioether (sulfide) groups is 1. The molecule has 1 aromatic rings. The maximum atomic E-state index is 11.1. The Bertz CT molecular complexity index is 358. The molecule has 6 heteroatoms. The molecular formula is C11H16ClN3OS. The van der Waals surface area contributed by atoms with Gasteiger partial charge >= 0.3 is 0 Å². The summed E-state index contributed by atoms with van der Waals surface area (Å²) in [6.45, 7) is 2.68. The fourth-order valence-electron chi connectivity index (χ4n) is 1.32. The van der Waals surface area contributed by atoms with Gasteiger partial charge in [0.25, 0.3) is 0 Å². The van der Waals surface area contributed by atoms with Gasteiger partial charge in [-0.1, -0.05) is 18.5 Å². The van der Waals surface area contributed by atoms with E-state index >= 15 is 0 Å². The molecule has 0 aliphatic carbocycles. The van der Waals surface area contributed by atoms with Crippen molar-refractivity contribution in [2.75, 3.05) is 12.3 Å². The van der Waals surface area contributed by atoms with E-state index in [4.69, 9.17) is 17.3 Å². The topological polar surface area (TPSA) is 68.0 Å². The normalized spacial score (nSPS) is 12.4. The van der Waals surface area contributed by atoms with E-state index in [0.29, 0.717) is 11.4 Å². The first kappa shape index (κ1) is 14.3. The van der Waals surface area contributed by atoms with Gasteiger partial charge in [-0.3, -0.25) is 4.79 Å². The summed E-state index contributed by atoms with van der Waals surface area (Å²) in [6, 6.07) is 3.39. The predicted molar refractivity (Wildman–Crippen MR) is 71.2 cm³/mol. The van der Waals surface area contributed by atoms with Crippen LogP contribution in [0.1, 0.15) is 13.3 Å². The number of nitrogens with two attached hydrogens (primary N) is 1. The summed E-state index contributed by atoms with van der Waals surface area (Å²) in [4.78, 5) is 15.3. The van der Waals surface area contributed by atoms with Gasteiger partial charge in [-0.05, 0) is 25.1 Å². The Labute approximate surface area is 110 Å². The highest BCUT2D eigenvalue weighted by Gasteiger charge is 2.13. The lowest BCUT2D eigenvalue weighted by Crippen LogP contribution is -2.41. The molecule has 0 aromatic carbocycles. The Hall–Kier alpha value is -0.780. The van der Waals surface area contributed by atoms with E-state index in [0.717, 1.165) is 17.3 Å². The van der Waals surface area contributed by atoms with E-state index in [1.165, 1.54) is 0 Å². The number of hydrogen-bond donors (Lipinski definition) is 2. The number of pyridine rings is 1. The van der Waals surface area contributed by atoms with Crippen LogP contribution in [0.3, 0.4) is 0 Å². The second-order valence-electron chi connectivity index (χ2n) is 3.46. The number of aromatic nitrogens is 1. The molecule has 4 nitrogen and oxygen atoms in total. The van der Waals surface area contributed by atoms with Crippen molar-refractivity contribution in [3.05, 3.63) is 23.4 Å². The van der Waals surface area contributed by atoms with Crippen LogP contribution in [0, 0.1) is 0 Å². The van der Waals surface area contributed by atoms with Crippen LogP contribution in [0.15, 0.2) is 23.4 Å². The number of hydrogen-bond acceptors (Lipinski definition) is 4. The van der Waals surface area contributed by atoms with E-state index in [9.17, 15) is 4.79 Å². The van der Waals surface area contributed by atoms with Crippen LogP contribution in [-0.2, 0) is 4.79 Å². The number of likely N-dealkylation sites (N-methyl/N-ethyl adjacent to an activating group) is 1. The Balaban J connectivity index is 2.35. The van der Waals surface area contributed by atoms with Gasteiger partial charge in [0, 0.05) is 11.9 Å². The van der Waals surface area contributed by atoms with Gasteiger partial charge in [-0.15, -0.1) is 11.8 Å². The largest absolute Gasteiger partial charge is 0.368 e. The maximum absolute atomic E-state index is 11.1. The third kappa shape index (κ3) is 5.39. The molecule has 1 amide bonds. The van der Waals surface area contributed by atoms with Crippen molar-refractivity contribution < 1.29 is 4.79 Å². The molecular weight excluding hydrogens is 258 g/mol. The van der Waals surface area contributed by atoms with Gasteiger partial charge in [0.15, 0.2) is 0 Å². The summed E-state index contributed by atoms with van der Waals surface area (Å²) < 4.78 is 0. The molecule has 1 aromatic heterocycles. The van der Waals surface area contributed by atoms with Crippen molar-refractivity contribution in [2.24, 2.45) is 5.73 Å². The molecule has 1 rings (SSSR count). The first-order chi connectivity index (χ1) is 8.13. The van der Waals surface area contributed by atoms with E-state index in [-0.39, 0.29) is 11.9 Å². The molecule has 0 fully saturated rings.